The highest BCUT2D eigenvalue weighted by atomic mass is 16.5. The highest BCUT2D eigenvalue weighted by Crippen LogP contribution is 2.30. The Hall–Kier alpha value is -1.79. The maximum Gasteiger partial charge on any atom is 0.249 e. The lowest BCUT2D eigenvalue weighted by atomic mass is 10.1. The van der Waals surface area contributed by atoms with Crippen LogP contribution in [0.25, 0.3) is 0 Å². The largest absolute Gasteiger partial charge is 0.493 e. The number of rotatable bonds is 7. The monoisotopic (exact) mass is 322 g/mol. The standard InChI is InChI=1S/C17H26N2O4/c1-4-22-14-7-5-12(9-16(14)21-3)11(2)19-17(20)15-8-6-13(10-18)23-15/h5,7,9,11,13,15H,4,6,8,10,18H2,1-3H3,(H,19,20)/t11?,13-,15+/m1/s1. The number of methoxy groups -OCH3 is 1. The van der Waals surface area contributed by atoms with E-state index in [9.17, 15) is 4.79 Å². The molecule has 1 heterocycles. The van der Waals surface area contributed by atoms with Gasteiger partial charge in [-0.1, -0.05) is 6.07 Å². The zero-order valence-electron chi connectivity index (χ0n) is 14.0. The van der Waals surface area contributed by atoms with Crippen LogP contribution < -0.4 is 20.5 Å². The van der Waals surface area contributed by atoms with Gasteiger partial charge in [-0.25, -0.2) is 0 Å². The van der Waals surface area contributed by atoms with Crippen molar-refractivity contribution in [2.75, 3.05) is 20.3 Å². The van der Waals surface area contributed by atoms with E-state index in [1.165, 1.54) is 0 Å². The summed E-state index contributed by atoms with van der Waals surface area (Å²) in [5, 5.41) is 2.98. The van der Waals surface area contributed by atoms with Crippen LogP contribution in [-0.2, 0) is 9.53 Å². The first-order valence-electron chi connectivity index (χ1n) is 8.05. The Balaban J connectivity index is 2.00. The number of carbonyl (C=O) groups is 1. The molecule has 1 aromatic rings. The molecule has 0 radical (unpaired) electrons. The van der Waals surface area contributed by atoms with Crippen molar-refractivity contribution in [2.24, 2.45) is 5.73 Å². The molecule has 1 unspecified atom stereocenters. The van der Waals surface area contributed by atoms with Gasteiger partial charge in [0.25, 0.3) is 0 Å². The van der Waals surface area contributed by atoms with E-state index in [0.29, 0.717) is 31.1 Å². The van der Waals surface area contributed by atoms with Gasteiger partial charge in [-0.2, -0.15) is 0 Å². The van der Waals surface area contributed by atoms with E-state index in [-0.39, 0.29) is 18.1 Å². The normalized spacial score (nSPS) is 21.7. The number of hydrogen-bond donors (Lipinski definition) is 2. The van der Waals surface area contributed by atoms with Crippen LogP contribution in [0.1, 0.15) is 38.3 Å². The van der Waals surface area contributed by atoms with Gasteiger partial charge in [0.15, 0.2) is 11.5 Å². The zero-order valence-corrected chi connectivity index (χ0v) is 14.0. The summed E-state index contributed by atoms with van der Waals surface area (Å²) < 4.78 is 16.5. The van der Waals surface area contributed by atoms with Crippen molar-refractivity contribution in [3.05, 3.63) is 23.8 Å². The molecule has 0 aromatic heterocycles. The highest BCUT2D eigenvalue weighted by Gasteiger charge is 2.30. The quantitative estimate of drug-likeness (QED) is 0.799. The molecular formula is C17H26N2O4. The van der Waals surface area contributed by atoms with E-state index in [1.807, 2.05) is 32.0 Å². The molecule has 1 aliphatic heterocycles. The van der Waals surface area contributed by atoms with Crippen LogP contribution in [0.15, 0.2) is 18.2 Å². The smallest absolute Gasteiger partial charge is 0.249 e. The lowest BCUT2D eigenvalue weighted by Crippen LogP contribution is -2.37. The summed E-state index contributed by atoms with van der Waals surface area (Å²) in [6, 6.07) is 5.52. The summed E-state index contributed by atoms with van der Waals surface area (Å²) in [6.45, 7) is 4.88. The zero-order chi connectivity index (χ0) is 16.8. The molecule has 3 N–H and O–H groups in total. The van der Waals surface area contributed by atoms with Crippen molar-refractivity contribution in [3.8, 4) is 11.5 Å². The van der Waals surface area contributed by atoms with E-state index in [1.54, 1.807) is 7.11 Å². The van der Waals surface area contributed by atoms with Gasteiger partial charge in [0, 0.05) is 6.54 Å². The van der Waals surface area contributed by atoms with E-state index in [0.717, 1.165) is 12.0 Å². The molecule has 0 spiro atoms. The second-order valence-electron chi connectivity index (χ2n) is 5.63. The van der Waals surface area contributed by atoms with Gasteiger partial charge in [-0.3, -0.25) is 4.79 Å². The number of nitrogens with two attached hydrogens (primary N) is 1. The molecule has 128 valence electrons. The number of carbonyl (C=O) groups excluding carboxylic acids is 1. The average Bonchev–Trinajstić information content (AvgIpc) is 3.04. The molecule has 1 aliphatic rings. The first-order valence-corrected chi connectivity index (χ1v) is 8.05. The van der Waals surface area contributed by atoms with Crippen LogP contribution >= 0.6 is 0 Å². The summed E-state index contributed by atoms with van der Waals surface area (Å²) in [5.41, 5.74) is 6.53. The van der Waals surface area contributed by atoms with Crippen LogP contribution in [-0.4, -0.2) is 38.4 Å². The SMILES string of the molecule is CCOc1ccc(C(C)NC(=O)[C@@H]2CC[C@H](CN)O2)cc1OC. The molecule has 3 atom stereocenters. The predicted molar refractivity (Wildman–Crippen MR) is 87.7 cm³/mol. The lowest BCUT2D eigenvalue weighted by Gasteiger charge is -2.19. The molecule has 2 rings (SSSR count). The van der Waals surface area contributed by atoms with E-state index in [2.05, 4.69) is 5.32 Å². The first kappa shape index (κ1) is 17.6. The van der Waals surface area contributed by atoms with Crippen LogP contribution in [0.3, 0.4) is 0 Å². The van der Waals surface area contributed by atoms with Crippen LogP contribution in [0, 0.1) is 0 Å². The third kappa shape index (κ3) is 4.36. The van der Waals surface area contributed by atoms with Gasteiger partial charge in [0.1, 0.15) is 6.10 Å². The number of nitrogens with one attached hydrogen (secondary N) is 1. The molecule has 0 saturated carbocycles. The van der Waals surface area contributed by atoms with Crippen molar-refractivity contribution in [3.63, 3.8) is 0 Å². The maximum atomic E-state index is 12.3. The molecule has 1 amide bonds. The Bertz CT molecular complexity index is 535. The minimum Gasteiger partial charge on any atom is -0.493 e. The van der Waals surface area contributed by atoms with Crippen molar-refractivity contribution in [1.29, 1.82) is 0 Å². The Morgan fingerprint density at radius 1 is 1.43 bits per heavy atom. The van der Waals surface area contributed by atoms with E-state index >= 15 is 0 Å². The average molecular weight is 322 g/mol. The summed E-state index contributed by atoms with van der Waals surface area (Å²) in [7, 11) is 1.60. The molecule has 1 fully saturated rings. The molecule has 0 bridgehead atoms. The Labute approximate surface area is 137 Å². The second-order valence-corrected chi connectivity index (χ2v) is 5.63. The maximum absolute atomic E-state index is 12.3. The van der Waals surface area contributed by atoms with Gasteiger partial charge in [-0.05, 0) is 44.4 Å². The molecule has 6 heteroatoms. The topological polar surface area (TPSA) is 82.8 Å². The number of ether oxygens (including phenoxy) is 3. The van der Waals surface area contributed by atoms with Gasteiger partial charge in [-0.15, -0.1) is 0 Å². The number of amides is 1. The van der Waals surface area contributed by atoms with Crippen molar-refractivity contribution in [2.45, 2.75) is 44.9 Å². The minimum atomic E-state index is -0.407. The molecule has 23 heavy (non-hydrogen) atoms. The molecular weight excluding hydrogens is 296 g/mol. The van der Waals surface area contributed by atoms with Crippen LogP contribution in [0.4, 0.5) is 0 Å². The highest BCUT2D eigenvalue weighted by molar-refractivity contribution is 5.81. The van der Waals surface area contributed by atoms with E-state index < -0.39 is 6.10 Å². The number of benzene rings is 1. The van der Waals surface area contributed by atoms with Gasteiger partial charge < -0.3 is 25.3 Å². The fourth-order valence-corrected chi connectivity index (χ4v) is 2.69. The fourth-order valence-electron chi connectivity index (χ4n) is 2.69. The lowest BCUT2D eigenvalue weighted by molar-refractivity contribution is -0.132. The Kier molecular flexibility index (Phi) is 6.24. The van der Waals surface area contributed by atoms with E-state index in [4.69, 9.17) is 19.9 Å². The molecule has 1 saturated heterocycles. The third-order valence-corrected chi connectivity index (χ3v) is 4.01. The second kappa shape index (κ2) is 8.17. The van der Waals surface area contributed by atoms with Crippen molar-refractivity contribution < 1.29 is 19.0 Å². The van der Waals surface area contributed by atoms with Crippen molar-refractivity contribution >= 4 is 5.91 Å². The third-order valence-electron chi connectivity index (χ3n) is 4.01. The minimum absolute atomic E-state index is 0.00775. The van der Waals surface area contributed by atoms with Crippen LogP contribution in [0.2, 0.25) is 0 Å². The first-order chi connectivity index (χ1) is 11.1. The summed E-state index contributed by atoms with van der Waals surface area (Å²) in [5.74, 6) is 1.26. The Morgan fingerprint density at radius 3 is 2.83 bits per heavy atom. The summed E-state index contributed by atoms with van der Waals surface area (Å²) >= 11 is 0. The van der Waals surface area contributed by atoms with Crippen LogP contribution in [0.5, 0.6) is 11.5 Å². The van der Waals surface area contributed by atoms with Gasteiger partial charge in [0.2, 0.25) is 5.91 Å². The summed E-state index contributed by atoms with van der Waals surface area (Å²) in [6.07, 6.45) is 1.13. The number of hydrogen-bond acceptors (Lipinski definition) is 5. The fraction of sp³-hybridized carbons (Fsp3) is 0.588. The van der Waals surface area contributed by atoms with Gasteiger partial charge in [0.05, 0.1) is 25.9 Å². The molecule has 6 nitrogen and oxygen atoms in total. The van der Waals surface area contributed by atoms with Crippen molar-refractivity contribution in [1.82, 2.24) is 5.32 Å². The van der Waals surface area contributed by atoms with Gasteiger partial charge >= 0.3 is 0 Å². The molecule has 0 aliphatic carbocycles. The molecule has 1 aromatic carbocycles. The Morgan fingerprint density at radius 2 is 2.22 bits per heavy atom. The summed E-state index contributed by atoms with van der Waals surface area (Å²) in [4.78, 5) is 12.3. The predicted octanol–water partition coefficient (Wildman–Crippen LogP) is 1.78.